The van der Waals surface area contributed by atoms with Gasteiger partial charge in [-0.1, -0.05) is 24.4 Å². The molecule has 0 bridgehead atoms. The van der Waals surface area contributed by atoms with Gasteiger partial charge in [-0.2, -0.15) is 0 Å². The monoisotopic (exact) mass is 296 g/mol. The van der Waals surface area contributed by atoms with E-state index < -0.39 is 5.41 Å². The van der Waals surface area contributed by atoms with Crippen LogP contribution in [-0.2, 0) is 4.79 Å². The van der Waals surface area contributed by atoms with E-state index in [0.29, 0.717) is 12.8 Å². The average molecular weight is 296 g/mol. The van der Waals surface area contributed by atoms with Crippen LogP contribution in [0, 0.1) is 5.41 Å². The highest BCUT2D eigenvalue weighted by Crippen LogP contribution is 2.38. The number of likely N-dealkylation sites (tertiary alicyclic amines) is 1. The van der Waals surface area contributed by atoms with Crippen molar-refractivity contribution < 1.29 is 10.0 Å². The van der Waals surface area contributed by atoms with E-state index in [2.05, 4.69) is 17.1 Å². The number of amidine groups is 1. The molecule has 2 rings (SSSR count). The molecule has 1 amide bonds. The van der Waals surface area contributed by atoms with Gasteiger partial charge in [0, 0.05) is 19.6 Å². The number of hydrogen-bond acceptors (Lipinski definition) is 4. The van der Waals surface area contributed by atoms with Gasteiger partial charge < -0.3 is 20.7 Å². The molecule has 1 heterocycles. The molecular formula is C15H28N4O2. The Hall–Kier alpha value is -1.30. The van der Waals surface area contributed by atoms with Crippen molar-refractivity contribution in [2.45, 2.75) is 51.0 Å². The molecule has 1 atom stereocenters. The number of carbonyl (C=O) groups is 1. The van der Waals surface area contributed by atoms with Gasteiger partial charge in [0.25, 0.3) is 0 Å². The highest BCUT2D eigenvalue weighted by Gasteiger charge is 2.46. The fourth-order valence-corrected chi connectivity index (χ4v) is 3.79. The number of amides is 1. The molecule has 1 unspecified atom stereocenters. The smallest absolute Gasteiger partial charge is 0.236 e. The molecule has 1 saturated carbocycles. The van der Waals surface area contributed by atoms with E-state index in [1.165, 1.54) is 0 Å². The number of nitrogens with zero attached hydrogens (tertiary/aromatic N) is 3. The first-order chi connectivity index (χ1) is 10.0. The minimum atomic E-state index is -0.794. The Balaban J connectivity index is 2.17. The molecule has 0 spiro atoms. The topological polar surface area (TPSA) is 82.2 Å². The Labute approximate surface area is 127 Å². The summed E-state index contributed by atoms with van der Waals surface area (Å²) < 4.78 is 0. The SMILES string of the molecule is CN1CCCC(N(C)C(=O)C2(C(N)=NO)CCCCC2)C1. The second-order valence-electron chi connectivity index (χ2n) is 6.60. The first-order valence-electron chi connectivity index (χ1n) is 7.95. The number of hydrogen-bond donors (Lipinski definition) is 2. The number of rotatable bonds is 3. The summed E-state index contributed by atoms with van der Waals surface area (Å²) in [5.41, 5.74) is 5.13. The predicted molar refractivity (Wildman–Crippen MR) is 82.2 cm³/mol. The zero-order chi connectivity index (χ0) is 15.5. The fourth-order valence-electron chi connectivity index (χ4n) is 3.79. The Morgan fingerprint density at radius 1 is 1.33 bits per heavy atom. The number of piperidine rings is 1. The Kier molecular flexibility index (Phi) is 5.08. The van der Waals surface area contributed by atoms with Crippen LogP contribution >= 0.6 is 0 Å². The molecule has 6 heteroatoms. The van der Waals surface area contributed by atoms with Gasteiger partial charge in [-0.05, 0) is 39.3 Å². The van der Waals surface area contributed by atoms with Crippen molar-refractivity contribution in [1.82, 2.24) is 9.80 Å². The molecule has 3 N–H and O–H groups in total. The van der Waals surface area contributed by atoms with Crippen molar-refractivity contribution in [2.75, 3.05) is 27.2 Å². The second kappa shape index (κ2) is 6.64. The van der Waals surface area contributed by atoms with E-state index in [0.717, 1.165) is 45.2 Å². The minimum absolute atomic E-state index is 0.0257. The van der Waals surface area contributed by atoms with Gasteiger partial charge in [0.05, 0.1) is 0 Å². The Morgan fingerprint density at radius 3 is 2.57 bits per heavy atom. The highest BCUT2D eigenvalue weighted by molar-refractivity contribution is 6.06. The zero-order valence-corrected chi connectivity index (χ0v) is 13.2. The van der Waals surface area contributed by atoms with Gasteiger partial charge >= 0.3 is 0 Å². The summed E-state index contributed by atoms with van der Waals surface area (Å²) in [4.78, 5) is 17.2. The first-order valence-corrected chi connectivity index (χ1v) is 7.95. The molecule has 1 saturated heterocycles. The maximum atomic E-state index is 13.1. The predicted octanol–water partition coefficient (Wildman–Crippen LogP) is 1.24. The standard InChI is InChI=1S/C15H28N4O2/c1-18-10-6-7-12(11-18)19(2)14(20)15(13(16)17-21)8-4-3-5-9-15/h12,21H,3-11H2,1-2H3,(H2,16,17). The maximum Gasteiger partial charge on any atom is 0.236 e. The van der Waals surface area contributed by atoms with Crippen LogP contribution in [-0.4, -0.2) is 60.0 Å². The number of oxime groups is 1. The lowest BCUT2D eigenvalue weighted by molar-refractivity contribution is -0.141. The van der Waals surface area contributed by atoms with Gasteiger partial charge in [0.2, 0.25) is 5.91 Å². The Morgan fingerprint density at radius 2 is 2.00 bits per heavy atom. The van der Waals surface area contributed by atoms with E-state index in [-0.39, 0.29) is 17.8 Å². The molecule has 0 aromatic rings. The summed E-state index contributed by atoms with van der Waals surface area (Å²) in [6.07, 6.45) is 6.54. The van der Waals surface area contributed by atoms with E-state index in [9.17, 15) is 4.79 Å². The summed E-state index contributed by atoms with van der Waals surface area (Å²) in [6, 6.07) is 0.224. The van der Waals surface area contributed by atoms with Gasteiger partial charge in [-0.3, -0.25) is 4.79 Å². The van der Waals surface area contributed by atoms with Crippen LogP contribution in [0.4, 0.5) is 0 Å². The molecule has 1 aliphatic carbocycles. The Bertz CT molecular complexity index is 404. The third kappa shape index (κ3) is 3.15. The number of carbonyl (C=O) groups excluding carboxylic acids is 1. The molecular weight excluding hydrogens is 268 g/mol. The van der Waals surface area contributed by atoms with Crippen LogP contribution in [0.3, 0.4) is 0 Å². The van der Waals surface area contributed by atoms with Crippen LogP contribution in [0.15, 0.2) is 5.16 Å². The number of likely N-dealkylation sites (N-methyl/N-ethyl adjacent to an activating group) is 2. The van der Waals surface area contributed by atoms with Crippen molar-refractivity contribution >= 4 is 11.7 Å². The molecule has 0 radical (unpaired) electrons. The molecule has 6 nitrogen and oxygen atoms in total. The summed E-state index contributed by atoms with van der Waals surface area (Å²) in [5.74, 6) is 0.112. The van der Waals surface area contributed by atoms with Crippen molar-refractivity contribution in [3.05, 3.63) is 0 Å². The van der Waals surface area contributed by atoms with E-state index in [1.54, 1.807) is 0 Å². The van der Waals surface area contributed by atoms with Gasteiger partial charge in [0.1, 0.15) is 5.41 Å². The van der Waals surface area contributed by atoms with Crippen molar-refractivity contribution in [1.29, 1.82) is 0 Å². The molecule has 2 fully saturated rings. The molecule has 1 aliphatic heterocycles. The van der Waals surface area contributed by atoms with E-state index in [4.69, 9.17) is 10.9 Å². The largest absolute Gasteiger partial charge is 0.409 e. The van der Waals surface area contributed by atoms with Crippen LogP contribution in [0.1, 0.15) is 44.9 Å². The quantitative estimate of drug-likeness (QED) is 0.355. The third-order valence-electron chi connectivity index (χ3n) is 5.18. The maximum absolute atomic E-state index is 13.1. The average Bonchev–Trinajstić information content (AvgIpc) is 2.53. The zero-order valence-electron chi connectivity index (χ0n) is 13.2. The lowest BCUT2D eigenvalue weighted by atomic mass is 9.71. The first kappa shape index (κ1) is 16.1. The fraction of sp³-hybridized carbons (Fsp3) is 0.867. The summed E-state index contributed by atoms with van der Waals surface area (Å²) in [5, 5.41) is 12.3. The van der Waals surface area contributed by atoms with Crippen LogP contribution in [0.5, 0.6) is 0 Å². The number of nitrogens with two attached hydrogens (primary N) is 1. The lowest BCUT2D eigenvalue weighted by Gasteiger charge is -2.42. The molecule has 0 aromatic heterocycles. The van der Waals surface area contributed by atoms with Gasteiger partial charge in [-0.25, -0.2) is 0 Å². The molecule has 0 aromatic carbocycles. The molecule has 120 valence electrons. The summed E-state index contributed by atoms with van der Waals surface area (Å²) in [7, 11) is 3.96. The van der Waals surface area contributed by atoms with Crippen molar-refractivity contribution in [3.63, 3.8) is 0 Å². The van der Waals surface area contributed by atoms with E-state index in [1.807, 2.05) is 11.9 Å². The molecule has 21 heavy (non-hydrogen) atoms. The van der Waals surface area contributed by atoms with Crippen molar-refractivity contribution in [2.24, 2.45) is 16.3 Å². The minimum Gasteiger partial charge on any atom is -0.409 e. The van der Waals surface area contributed by atoms with Gasteiger partial charge in [0.15, 0.2) is 5.84 Å². The lowest BCUT2D eigenvalue weighted by Crippen LogP contribution is -2.56. The summed E-state index contributed by atoms with van der Waals surface area (Å²) in [6.45, 7) is 1.98. The van der Waals surface area contributed by atoms with Crippen LogP contribution < -0.4 is 5.73 Å². The van der Waals surface area contributed by atoms with E-state index >= 15 is 0 Å². The summed E-state index contributed by atoms with van der Waals surface area (Å²) >= 11 is 0. The second-order valence-corrected chi connectivity index (χ2v) is 6.60. The third-order valence-corrected chi connectivity index (χ3v) is 5.18. The van der Waals surface area contributed by atoms with Crippen molar-refractivity contribution in [3.8, 4) is 0 Å². The van der Waals surface area contributed by atoms with Crippen LogP contribution in [0.25, 0.3) is 0 Å². The molecule has 2 aliphatic rings. The highest BCUT2D eigenvalue weighted by atomic mass is 16.4. The van der Waals surface area contributed by atoms with Gasteiger partial charge in [-0.15, -0.1) is 0 Å². The normalized spacial score (nSPS) is 27.3. The van der Waals surface area contributed by atoms with Crippen LogP contribution in [0.2, 0.25) is 0 Å².